The van der Waals surface area contributed by atoms with Crippen molar-refractivity contribution >= 4 is 5.82 Å². The number of imidazole rings is 1. The van der Waals surface area contributed by atoms with Gasteiger partial charge in [0.2, 0.25) is 0 Å². The van der Waals surface area contributed by atoms with E-state index in [-0.39, 0.29) is 29.6 Å². The van der Waals surface area contributed by atoms with Gasteiger partial charge < -0.3 is 10.3 Å². The van der Waals surface area contributed by atoms with Gasteiger partial charge in [0.15, 0.2) is 0 Å². The summed E-state index contributed by atoms with van der Waals surface area (Å²) < 4.78 is 119. The van der Waals surface area contributed by atoms with Crippen LogP contribution in [-0.4, -0.2) is 50.9 Å². The van der Waals surface area contributed by atoms with Crippen molar-refractivity contribution in [1.29, 1.82) is 0 Å². The highest BCUT2D eigenvalue weighted by atomic mass is 19.4. The molecule has 0 radical (unpaired) electrons. The third kappa shape index (κ3) is 3.13. The summed E-state index contributed by atoms with van der Waals surface area (Å²) in [6, 6.07) is 0.0738. The van der Waals surface area contributed by atoms with Gasteiger partial charge in [0, 0.05) is 42.4 Å². The zero-order valence-electron chi connectivity index (χ0n) is 15.9. The zero-order valence-corrected chi connectivity index (χ0v) is 15.9. The summed E-state index contributed by atoms with van der Waals surface area (Å²) in [5.74, 6) is -1.73. The number of nitrogens with zero attached hydrogens (tertiary/aromatic N) is 4. The largest absolute Gasteiger partial charge is 0.419 e. The molecule has 0 amide bonds. The molecule has 14 heteroatoms. The minimum atomic E-state index is -4.83. The van der Waals surface area contributed by atoms with Crippen LogP contribution in [0.1, 0.15) is 11.4 Å². The fraction of sp³-hybridized carbons (Fsp3) is 0.556. The van der Waals surface area contributed by atoms with E-state index >= 15 is 0 Å². The Hall–Kier alpha value is -2.51. The van der Waals surface area contributed by atoms with Gasteiger partial charge in [-0.25, -0.2) is 9.97 Å². The van der Waals surface area contributed by atoms with Gasteiger partial charge in [0.1, 0.15) is 18.1 Å². The Bertz CT molecular complexity index is 1080. The number of aromatic nitrogens is 3. The average Bonchev–Trinajstić information content (AvgIpc) is 3.21. The molecule has 6 rings (SSSR count). The predicted molar refractivity (Wildman–Crippen MR) is 91.0 cm³/mol. The summed E-state index contributed by atoms with van der Waals surface area (Å²) in [7, 11) is 0. The van der Waals surface area contributed by atoms with E-state index in [9.17, 15) is 39.5 Å². The number of fused-ring (bicyclic) bond motifs is 1. The molecule has 5 nitrogen and oxygen atoms in total. The maximum absolute atomic E-state index is 13.2. The Morgan fingerprint density at radius 3 is 2.31 bits per heavy atom. The molecule has 2 aliphatic carbocycles. The van der Waals surface area contributed by atoms with Gasteiger partial charge in [-0.05, 0) is 6.07 Å². The van der Waals surface area contributed by atoms with Gasteiger partial charge in [-0.3, -0.25) is 4.90 Å². The normalized spacial score (nSPS) is 29.3. The maximum atomic E-state index is 13.2. The van der Waals surface area contributed by atoms with Crippen LogP contribution in [-0.2, 0) is 18.1 Å². The van der Waals surface area contributed by atoms with Gasteiger partial charge in [-0.1, -0.05) is 0 Å². The summed E-state index contributed by atoms with van der Waals surface area (Å²) in [6.45, 7) is -1.07. The van der Waals surface area contributed by atoms with Gasteiger partial charge in [-0.15, -0.1) is 0 Å². The van der Waals surface area contributed by atoms with Crippen LogP contribution in [0.4, 0.5) is 45.3 Å². The lowest BCUT2D eigenvalue weighted by atomic mass is 10.1. The summed E-state index contributed by atoms with van der Waals surface area (Å²) in [5, 5.41) is 0. The van der Waals surface area contributed by atoms with E-state index in [0.29, 0.717) is 6.07 Å². The molecule has 2 saturated heterocycles. The highest BCUT2D eigenvalue weighted by molar-refractivity contribution is 5.63. The van der Waals surface area contributed by atoms with Crippen LogP contribution < -0.4 is 5.73 Å². The van der Waals surface area contributed by atoms with Gasteiger partial charge in [-0.2, -0.15) is 39.5 Å². The van der Waals surface area contributed by atoms with Crippen LogP contribution in [0, 0.1) is 11.8 Å². The van der Waals surface area contributed by atoms with Crippen LogP contribution in [0.15, 0.2) is 18.5 Å². The number of pyridine rings is 1. The molecule has 0 aromatic carbocycles. The summed E-state index contributed by atoms with van der Waals surface area (Å²) >= 11 is 0. The number of nitrogens with two attached hydrogens (primary N) is 1. The Kier molecular flexibility index (Phi) is 4.06. The van der Waals surface area contributed by atoms with Crippen molar-refractivity contribution in [2.75, 3.05) is 18.8 Å². The smallest absolute Gasteiger partial charge is 0.383 e. The maximum Gasteiger partial charge on any atom is 0.419 e. The highest BCUT2D eigenvalue weighted by Crippen LogP contribution is 2.83. The number of hydrogen-bond donors (Lipinski definition) is 1. The number of nitrogen functional groups attached to an aromatic ring is 1. The molecule has 2 N–H and O–H groups in total. The van der Waals surface area contributed by atoms with Crippen molar-refractivity contribution in [3.63, 3.8) is 0 Å². The molecule has 2 aromatic rings. The van der Waals surface area contributed by atoms with E-state index in [1.807, 2.05) is 0 Å². The number of rotatable bonds is 4. The third-order valence-electron chi connectivity index (χ3n) is 6.44. The lowest BCUT2D eigenvalue weighted by Crippen LogP contribution is -2.34. The number of halogens is 9. The second-order valence-corrected chi connectivity index (χ2v) is 8.37. The molecule has 2 aliphatic heterocycles. The first-order chi connectivity index (χ1) is 14.6. The molecule has 32 heavy (non-hydrogen) atoms. The monoisotopic (exact) mass is 471 g/mol. The van der Waals surface area contributed by atoms with Crippen LogP contribution in [0.3, 0.4) is 0 Å². The molecule has 4 heterocycles. The SMILES string of the molecule is Nc1ncc(-c2cn([C@@]34C5[C@H]3[C@H]4CN5CC(F)(F)F)c(CC(F)(F)F)n2)cc1C(F)(F)F. The number of hydrogen-bond acceptors (Lipinski definition) is 4. The zero-order chi connectivity index (χ0) is 23.4. The van der Waals surface area contributed by atoms with Crippen molar-refractivity contribution in [3.05, 3.63) is 29.8 Å². The summed E-state index contributed by atoms with van der Waals surface area (Å²) in [5.41, 5.74) is 2.71. The number of alkyl halides is 9. The van der Waals surface area contributed by atoms with E-state index in [4.69, 9.17) is 5.73 Å². The topological polar surface area (TPSA) is 60.0 Å². The predicted octanol–water partition coefficient (Wildman–Crippen LogP) is 3.85. The van der Waals surface area contributed by atoms with Crippen LogP contribution in [0.5, 0.6) is 0 Å². The fourth-order valence-corrected chi connectivity index (χ4v) is 5.28. The molecular weight excluding hydrogens is 457 g/mol. The average molecular weight is 471 g/mol. The second-order valence-electron chi connectivity index (χ2n) is 8.37. The van der Waals surface area contributed by atoms with Gasteiger partial charge >= 0.3 is 18.5 Å². The Morgan fingerprint density at radius 1 is 1.06 bits per heavy atom. The van der Waals surface area contributed by atoms with Gasteiger partial charge in [0.05, 0.1) is 23.3 Å². The van der Waals surface area contributed by atoms with E-state index < -0.39 is 60.3 Å². The highest BCUT2D eigenvalue weighted by Gasteiger charge is 2.94. The number of piperidine rings is 1. The number of anilines is 1. The quantitative estimate of drug-likeness (QED) is 0.689. The Labute approximate surface area is 174 Å². The first-order valence-electron chi connectivity index (χ1n) is 9.42. The van der Waals surface area contributed by atoms with Crippen molar-refractivity contribution < 1.29 is 39.5 Å². The van der Waals surface area contributed by atoms with Crippen LogP contribution in [0.25, 0.3) is 11.3 Å². The Balaban J connectivity index is 1.52. The molecule has 4 atom stereocenters. The van der Waals surface area contributed by atoms with Crippen molar-refractivity contribution in [3.8, 4) is 11.3 Å². The molecule has 4 fully saturated rings. The standard InChI is InChI=1S/C18H14F9N5/c19-15(20,21)2-11-30-10(7-1-8(18(25,26)27)14(28)29-3-7)5-32(11)17-9-4-31(6-16(22,23)24)13(17)12(9)17/h1,3,5,9,12-13H,2,4,6H2,(H2,28,29)/t9-,12-,13?,17-/m1/s1. The first-order valence-corrected chi connectivity index (χ1v) is 9.42. The third-order valence-corrected chi connectivity index (χ3v) is 6.44. The van der Waals surface area contributed by atoms with Crippen LogP contribution >= 0.6 is 0 Å². The lowest BCUT2D eigenvalue weighted by molar-refractivity contribution is -0.144. The van der Waals surface area contributed by atoms with E-state index in [0.717, 1.165) is 6.20 Å². The Morgan fingerprint density at radius 2 is 1.75 bits per heavy atom. The molecule has 2 bridgehead atoms. The first kappa shape index (κ1) is 21.3. The molecule has 1 unspecified atom stereocenters. The van der Waals surface area contributed by atoms with Crippen LogP contribution in [0.2, 0.25) is 0 Å². The van der Waals surface area contributed by atoms with Crippen molar-refractivity contribution in [2.45, 2.75) is 36.5 Å². The van der Waals surface area contributed by atoms with E-state index in [1.54, 1.807) is 0 Å². The summed E-state index contributed by atoms with van der Waals surface area (Å²) in [6.07, 6.45) is -13.3. The van der Waals surface area contributed by atoms with Gasteiger partial charge in [0.25, 0.3) is 0 Å². The van der Waals surface area contributed by atoms with E-state index in [1.165, 1.54) is 15.7 Å². The van der Waals surface area contributed by atoms with Crippen molar-refractivity contribution in [1.82, 2.24) is 19.4 Å². The fourth-order valence-electron chi connectivity index (χ4n) is 5.28. The molecule has 2 aromatic heterocycles. The molecule has 2 saturated carbocycles. The molecule has 4 aliphatic rings. The second kappa shape index (κ2) is 6.08. The van der Waals surface area contributed by atoms with Crippen molar-refractivity contribution in [2.24, 2.45) is 11.8 Å². The summed E-state index contributed by atoms with van der Waals surface area (Å²) in [4.78, 5) is 8.57. The van der Waals surface area contributed by atoms with E-state index in [2.05, 4.69) is 9.97 Å². The molecule has 174 valence electrons. The molecular formula is C18H14F9N5. The minimum absolute atomic E-state index is 0.0927. The minimum Gasteiger partial charge on any atom is -0.383 e. The molecule has 0 spiro atoms. The lowest BCUT2D eigenvalue weighted by Gasteiger charge is -2.19.